The molecule has 1 aliphatic heterocycles. The molecule has 0 bridgehead atoms. The van der Waals surface area contributed by atoms with Gasteiger partial charge < -0.3 is 19.8 Å². The lowest BCUT2D eigenvalue weighted by Crippen LogP contribution is -2.28. The first-order chi connectivity index (χ1) is 7.54. The molecule has 1 fully saturated rings. The van der Waals surface area contributed by atoms with E-state index in [-0.39, 0.29) is 19.2 Å². The molecule has 0 aromatic carbocycles. The van der Waals surface area contributed by atoms with E-state index in [2.05, 4.69) is 0 Å². The molecule has 0 unspecified atom stereocenters. The fourth-order valence-corrected chi connectivity index (χ4v) is 1.56. The topological polar surface area (TPSA) is 87.1 Å². The van der Waals surface area contributed by atoms with Crippen molar-refractivity contribution >= 4 is 11.9 Å². The Hall–Kier alpha value is -1.40. The third kappa shape index (κ3) is 3.32. The van der Waals surface area contributed by atoms with E-state index in [4.69, 9.17) is 9.84 Å². The molecule has 90 valence electrons. The number of aliphatic carboxylic acids is 1. The predicted octanol–water partition coefficient (Wildman–Crippen LogP) is -0.765. The summed E-state index contributed by atoms with van der Waals surface area (Å²) < 4.78 is 5.24. The number of likely N-dealkylation sites (tertiary alicyclic amines) is 1. The Morgan fingerprint density at radius 3 is 2.69 bits per heavy atom. The van der Waals surface area contributed by atoms with Crippen LogP contribution in [0.5, 0.6) is 0 Å². The molecule has 1 saturated heterocycles. The van der Waals surface area contributed by atoms with Crippen molar-refractivity contribution in [2.24, 2.45) is 0 Å². The van der Waals surface area contributed by atoms with Crippen molar-refractivity contribution in [3.63, 3.8) is 0 Å². The summed E-state index contributed by atoms with van der Waals surface area (Å²) in [6.07, 6.45) is 0.667. The number of aliphatic hydroxyl groups is 1. The molecule has 1 rings (SSSR count). The molecule has 0 radical (unpaired) electrons. The van der Waals surface area contributed by atoms with Crippen LogP contribution < -0.4 is 0 Å². The van der Waals surface area contributed by atoms with E-state index in [1.807, 2.05) is 6.92 Å². The highest BCUT2D eigenvalue weighted by Crippen LogP contribution is 2.13. The van der Waals surface area contributed by atoms with Crippen LogP contribution in [0.1, 0.15) is 6.92 Å². The number of hydrogen-bond acceptors (Lipinski definition) is 4. The summed E-state index contributed by atoms with van der Waals surface area (Å²) in [6, 6.07) is 0. The molecule has 0 spiro atoms. The highest BCUT2D eigenvalue weighted by atomic mass is 16.5. The van der Waals surface area contributed by atoms with Crippen LogP contribution >= 0.6 is 0 Å². The van der Waals surface area contributed by atoms with Gasteiger partial charge in [0, 0.05) is 31.8 Å². The van der Waals surface area contributed by atoms with E-state index in [0.717, 1.165) is 12.2 Å². The van der Waals surface area contributed by atoms with Crippen molar-refractivity contribution in [3.8, 4) is 0 Å². The van der Waals surface area contributed by atoms with Gasteiger partial charge in [-0.2, -0.15) is 0 Å². The second-order valence-corrected chi connectivity index (χ2v) is 3.48. The molecule has 2 atom stereocenters. The van der Waals surface area contributed by atoms with Crippen molar-refractivity contribution in [1.82, 2.24) is 4.90 Å². The maximum absolute atomic E-state index is 11.5. The molecule has 0 saturated carbocycles. The molecular weight excluding hydrogens is 214 g/mol. The Labute approximate surface area is 93.1 Å². The zero-order chi connectivity index (χ0) is 12.1. The largest absolute Gasteiger partial charge is 0.478 e. The second-order valence-electron chi connectivity index (χ2n) is 3.48. The van der Waals surface area contributed by atoms with E-state index < -0.39 is 18.0 Å². The number of ether oxygens (including phenoxy) is 1. The first-order valence-corrected chi connectivity index (χ1v) is 5.04. The summed E-state index contributed by atoms with van der Waals surface area (Å²) in [6.45, 7) is 2.74. The number of carboxylic acid groups (broad SMARTS) is 1. The zero-order valence-corrected chi connectivity index (χ0v) is 9.00. The minimum absolute atomic E-state index is 0.174. The molecule has 1 heterocycles. The van der Waals surface area contributed by atoms with Gasteiger partial charge in [-0.3, -0.25) is 4.79 Å². The van der Waals surface area contributed by atoms with E-state index in [1.165, 1.54) is 4.90 Å². The summed E-state index contributed by atoms with van der Waals surface area (Å²) in [5, 5.41) is 17.9. The maximum atomic E-state index is 11.5. The molecule has 0 aliphatic carbocycles. The summed E-state index contributed by atoms with van der Waals surface area (Å²) in [5.74, 6) is -1.60. The van der Waals surface area contributed by atoms with Crippen LogP contribution in [0.15, 0.2) is 12.2 Å². The Morgan fingerprint density at radius 1 is 1.44 bits per heavy atom. The monoisotopic (exact) mass is 229 g/mol. The van der Waals surface area contributed by atoms with Gasteiger partial charge in [-0.25, -0.2) is 4.79 Å². The van der Waals surface area contributed by atoms with Gasteiger partial charge in [0.15, 0.2) is 0 Å². The standard InChI is InChI=1S/C10H15NO5/c1-2-16-8-6-11(5-7(8)12)9(13)3-4-10(14)15/h3-4,7-8,12H,2,5-6H2,1H3,(H,14,15)/b4-3+/t7-,8-/m0/s1. The van der Waals surface area contributed by atoms with E-state index in [1.54, 1.807) is 0 Å². The quantitative estimate of drug-likeness (QED) is 0.618. The van der Waals surface area contributed by atoms with Crippen molar-refractivity contribution in [3.05, 3.63) is 12.2 Å². The van der Waals surface area contributed by atoms with Gasteiger partial charge in [0.1, 0.15) is 6.10 Å². The Bertz CT molecular complexity index is 302. The molecular formula is C10H15NO5. The number of carbonyl (C=O) groups is 2. The van der Waals surface area contributed by atoms with Crippen LogP contribution in [0.25, 0.3) is 0 Å². The Morgan fingerprint density at radius 2 is 2.12 bits per heavy atom. The minimum Gasteiger partial charge on any atom is -0.478 e. The lowest BCUT2D eigenvalue weighted by Gasteiger charge is -2.13. The fraction of sp³-hybridized carbons (Fsp3) is 0.600. The first-order valence-electron chi connectivity index (χ1n) is 5.04. The number of amides is 1. The molecule has 6 heteroatoms. The van der Waals surface area contributed by atoms with Gasteiger partial charge >= 0.3 is 5.97 Å². The van der Waals surface area contributed by atoms with Gasteiger partial charge in [0.25, 0.3) is 0 Å². The molecule has 0 aromatic rings. The number of aliphatic hydroxyl groups excluding tert-OH is 1. The second kappa shape index (κ2) is 5.62. The average Bonchev–Trinajstić information content (AvgIpc) is 2.57. The normalized spacial score (nSPS) is 25.2. The summed E-state index contributed by atoms with van der Waals surface area (Å²) >= 11 is 0. The lowest BCUT2D eigenvalue weighted by atomic mass is 10.3. The van der Waals surface area contributed by atoms with E-state index in [9.17, 15) is 14.7 Å². The van der Waals surface area contributed by atoms with E-state index in [0.29, 0.717) is 6.61 Å². The van der Waals surface area contributed by atoms with Crippen molar-refractivity contribution in [2.75, 3.05) is 19.7 Å². The Balaban J connectivity index is 2.51. The van der Waals surface area contributed by atoms with Crippen LogP contribution in [0.2, 0.25) is 0 Å². The third-order valence-electron chi connectivity index (χ3n) is 2.30. The number of carboxylic acids is 1. The molecule has 0 aromatic heterocycles. The molecule has 16 heavy (non-hydrogen) atoms. The summed E-state index contributed by atoms with van der Waals surface area (Å²) in [5.41, 5.74) is 0. The smallest absolute Gasteiger partial charge is 0.328 e. The van der Waals surface area contributed by atoms with Crippen molar-refractivity contribution < 1.29 is 24.5 Å². The van der Waals surface area contributed by atoms with E-state index >= 15 is 0 Å². The van der Waals surface area contributed by atoms with Crippen LogP contribution in [-0.2, 0) is 14.3 Å². The summed E-state index contributed by atoms with van der Waals surface area (Å²) in [4.78, 5) is 23.0. The number of β-amino-alcohol motifs (C(OH)–C–C–N with tert-alkyl or cyclic N) is 1. The Kier molecular flexibility index (Phi) is 4.45. The highest BCUT2D eigenvalue weighted by molar-refractivity contribution is 5.94. The number of carbonyl (C=O) groups excluding carboxylic acids is 1. The van der Waals surface area contributed by atoms with Crippen LogP contribution in [0.4, 0.5) is 0 Å². The maximum Gasteiger partial charge on any atom is 0.328 e. The first kappa shape index (κ1) is 12.7. The molecule has 1 aliphatic rings. The fourth-order valence-electron chi connectivity index (χ4n) is 1.56. The average molecular weight is 229 g/mol. The van der Waals surface area contributed by atoms with Gasteiger partial charge in [-0.05, 0) is 6.92 Å². The summed E-state index contributed by atoms with van der Waals surface area (Å²) in [7, 11) is 0. The van der Waals surface area contributed by atoms with Crippen LogP contribution in [0, 0.1) is 0 Å². The van der Waals surface area contributed by atoms with Crippen LogP contribution in [-0.4, -0.2) is 58.9 Å². The van der Waals surface area contributed by atoms with Gasteiger partial charge in [0.2, 0.25) is 5.91 Å². The number of nitrogens with zero attached hydrogens (tertiary/aromatic N) is 1. The molecule has 6 nitrogen and oxygen atoms in total. The molecule has 2 N–H and O–H groups in total. The minimum atomic E-state index is -1.17. The SMILES string of the molecule is CCO[C@H]1CN(C(=O)/C=C/C(=O)O)C[C@@H]1O. The van der Waals surface area contributed by atoms with Crippen molar-refractivity contribution in [1.29, 1.82) is 0 Å². The number of rotatable bonds is 4. The molecule has 1 amide bonds. The third-order valence-corrected chi connectivity index (χ3v) is 2.30. The van der Waals surface area contributed by atoms with Gasteiger partial charge in [-0.1, -0.05) is 0 Å². The lowest BCUT2D eigenvalue weighted by molar-refractivity contribution is -0.132. The van der Waals surface area contributed by atoms with Crippen molar-refractivity contribution in [2.45, 2.75) is 19.1 Å². The zero-order valence-electron chi connectivity index (χ0n) is 9.00. The number of hydrogen-bond donors (Lipinski definition) is 2. The van der Waals surface area contributed by atoms with Gasteiger partial charge in [-0.15, -0.1) is 0 Å². The van der Waals surface area contributed by atoms with Gasteiger partial charge in [0.05, 0.1) is 6.10 Å². The predicted molar refractivity (Wildman–Crippen MR) is 54.8 cm³/mol. The highest BCUT2D eigenvalue weighted by Gasteiger charge is 2.33. The van der Waals surface area contributed by atoms with Crippen LogP contribution in [0.3, 0.4) is 0 Å².